The highest BCUT2D eigenvalue weighted by molar-refractivity contribution is 6.14. The van der Waals surface area contributed by atoms with E-state index in [1.165, 1.54) is 30.2 Å². The summed E-state index contributed by atoms with van der Waals surface area (Å²) in [6.07, 6.45) is 2.88. The summed E-state index contributed by atoms with van der Waals surface area (Å²) in [5.74, 6) is 0. The summed E-state index contributed by atoms with van der Waals surface area (Å²) < 4.78 is 1.25. The van der Waals surface area contributed by atoms with Gasteiger partial charge in [0.2, 0.25) is 0 Å². The van der Waals surface area contributed by atoms with Crippen LogP contribution in [0.5, 0.6) is 0 Å². The molecular weight excluding hydrogens is 83.7 g/mol. The smallest absolute Gasteiger partial charge is 0.351 e. The summed E-state index contributed by atoms with van der Waals surface area (Å²) in [6, 6.07) is 0. The molecule has 0 aromatic rings. The first kappa shape index (κ1) is 5.23. The monoisotopic (exact) mass is 96.1 g/mol. The molecule has 3 heteroatoms. The molecule has 0 bridgehead atoms. The van der Waals surface area contributed by atoms with Gasteiger partial charge in [-0.2, -0.15) is 0 Å². The molecule has 1 rings (SSSR count). The van der Waals surface area contributed by atoms with Crippen molar-refractivity contribution in [3.63, 3.8) is 0 Å². The van der Waals surface area contributed by atoms with Gasteiger partial charge in [-0.25, -0.2) is 0 Å². The van der Waals surface area contributed by atoms with E-state index < -0.39 is 0 Å². The van der Waals surface area contributed by atoms with E-state index in [-0.39, 0.29) is 0 Å². The van der Waals surface area contributed by atoms with Crippen LogP contribution in [0.3, 0.4) is 0 Å². The maximum Gasteiger partial charge on any atom is 0.351 e. The average molecular weight is 95.8 g/mol. The summed E-state index contributed by atoms with van der Waals surface area (Å²) in [7, 11) is 4.60. The van der Waals surface area contributed by atoms with E-state index in [4.69, 9.17) is 0 Å². The van der Waals surface area contributed by atoms with Gasteiger partial charge in [-0.15, -0.1) is 0 Å². The van der Waals surface area contributed by atoms with Gasteiger partial charge in [-0.1, -0.05) is 0 Å². The summed E-state index contributed by atoms with van der Waals surface area (Å²) in [6.45, 7) is 2.78. The van der Waals surface area contributed by atoms with Gasteiger partial charge in [-0.3, -0.25) is 0 Å². The van der Waals surface area contributed by atoms with Gasteiger partial charge in [0, 0.05) is 13.1 Å². The molecule has 0 amide bonds. The molecule has 1 fully saturated rings. The van der Waals surface area contributed by atoms with Crippen molar-refractivity contribution in [3.05, 3.63) is 0 Å². The SMILES string of the molecule is B[N+]1(B)CCCC1. The molecule has 0 aliphatic carbocycles. The van der Waals surface area contributed by atoms with Gasteiger partial charge >= 0.3 is 16.0 Å². The van der Waals surface area contributed by atoms with Crippen LogP contribution in [0.25, 0.3) is 0 Å². The van der Waals surface area contributed by atoms with E-state index in [2.05, 4.69) is 16.0 Å². The number of hydrogen-bond acceptors (Lipinski definition) is 0. The minimum absolute atomic E-state index is 1.25. The van der Waals surface area contributed by atoms with Crippen molar-refractivity contribution < 1.29 is 4.31 Å². The van der Waals surface area contributed by atoms with Crippen LogP contribution in [-0.2, 0) is 0 Å². The van der Waals surface area contributed by atoms with Crippen LogP contribution >= 0.6 is 0 Å². The second kappa shape index (κ2) is 1.55. The lowest BCUT2D eigenvalue weighted by molar-refractivity contribution is -0.677. The highest BCUT2D eigenvalue weighted by Gasteiger charge is 2.18. The van der Waals surface area contributed by atoms with Crippen LogP contribution in [-0.4, -0.2) is 33.4 Å². The number of nitrogens with zero attached hydrogens (tertiary/aromatic N) is 1. The van der Waals surface area contributed by atoms with E-state index in [9.17, 15) is 0 Å². The molecule has 1 heterocycles. The maximum absolute atomic E-state index is 2.30. The van der Waals surface area contributed by atoms with Crippen molar-refractivity contribution in [2.45, 2.75) is 12.8 Å². The second-order valence-electron chi connectivity index (χ2n) is 3.09. The van der Waals surface area contributed by atoms with Gasteiger partial charge in [0.25, 0.3) is 0 Å². The molecule has 0 unspecified atom stereocenters. The second-order valence-corrected chi connectivity index (χ2v) is 3.09. The summed E-state index contributed by atoms with van der Waals surface area (Å²) in [4.78, 5) is 0. The standard InChI is InChI=1S/C4H12B2N/c5-7(6)3-1-2-4-7/h1-6H2/q+1. The maximum atomic E-state index is 2.30. The molecule has 0 saturated carbocycles. The highest BCUT2D eigenvalue weighted by atomic mass is 15.2. The van der Waals surface area contributed by atoms with E-state index in [1.54, 1.807) is 0 Å². The van der Waals surface area contributed by atoms with E-state index in [0.717, 1.165) is 0 Å². The Hall–Kier alpha value is 0.0899. The van der Waals surface area contributed by atoms with Crippen molar-refractivity contribution in [1.29, 1.82) is 0 Å². The Morgan fingerprint density at radius 1 is 1.00 bits per heavy atom. The third-order valence-corrected chi connectivity index (χ3v) is 1.78. The minimum Gasteiger partial charge on any atom is -0.478 e. The number of rotatable bonds is 0. The molecule has 0 atom stereocenters. The van der Waals surface area contributed by atoms with Crippen LogP contribution < -0.4 is 0 Å². The molecule has 0 aromatic carbocycles. The van der Waals surface area contributed by atoms with Crippen LogP contribution in [0.4, 0.5) is 0 Å². The van der Waals surface area contributed by atoms with Crippen LogP contribution in [0.15, 0.2) is 0 Å². The molecule has 0 aromatic heterocycles. The summed E-state index contributed by atoms with van der Waals surface area (Å²) in [5, 5.41) is 0. The first-order chi connectivity index (χ1) is 3.21. The van der Waals surface area contributed by atoms with Crippen LogP contribution in [0.2, 0.25) is 0 Å². The fraction of sp³-hybridized carbons (Fsp3) is 1.00. The van der Waals surface area contributed by atoms with Gasteiger partial charge < -0.3 is 4.31 Å². The lowest BCUT2D eigenvalue weighted by atomic mass is 10.1. The molecule has 7 heavy (non-hydrogen) atoms. The minimum atomic E-state index is 1.25. The number of quaternary nitrogens is 1. The first-order valence-corrected chi connectivity index (χ1v) is 3.03. The zero-order valence-corrected chi connectivity index (χ0v) is 5.28. The van der Waals surface area contributed by atoms with E-state index in [1.807, 2.05) is 0 Å². The van der Waals surface area contributed by atoms with Crippen molar-refractivity contribution in [3.8, 4) is 0 Å². The topological polar surface area (TPSA) is 0 Å². The van der Waals surface area contributed by atoms with Crippen molar-refractivity contribution in [2.75, 3.05) is 13.1 Å². The van der Waals surface area contributed by atoms with E-state index in [0.29, 0.717) is 0 Å². The Bertz CT molecular complexity index is 64.1. The fourth-order valence-electron chi connectivity index (χ4n) is 1.19. The van der Waals surface area contributed by atoms with Crippen molar-refractivity contribution in [2.24, 2.45) is 0 Å². The highest BCUT2D eigenvalue weighted by Crippen LogP contribution is 2.09. The third kappa shape index (κ3) is 1.23. The first-order valence-electron chi connectivity index (χ1n) is 3.03. The average Bonchev–Trinajstić information content (AvgIpc) is 1.84. The molecule has 1 saturated heterocycles. The fourth-order valence-corrected chi connectivity index (χ4v) is 1.19. The zero-order valence-electron chi connectivity index (χ0n) is 5.28. The van der Waals surface area contributed by atoms with Crippen LogP contribution in [0.1, 0.15) is 12.8 Å². The van der Waals surface area contributed by atoms with E-state index >= 15 is 0 Å². The molecule has 0 N–H and O–H groups in total. The Labute approximate surface area is 47.1 Å². The molecule has 1 aliphatic rings. The van der Waals surface area contributed by atoms with Gasteiger partial charge in [0.1, 0.15) is 0 Å². The van der Waals surface area contributed by atoms with Crippen molar-refractivity contribution >= 4 is 16.0 Å². The summed E-state index contributed by atoms with van der Waals surface area (Å²) >= 11 is 0. The third-order valence-electron chi connectivity index (χ3n) is 1.78. The molecule has 1 aliphatic heterocycles. The Balaban J connectivity index is 2.40. The Morgan fingerprint density at radius 3 is 1.57 bits per heavy atom. The van der Waals surface area contributed by atoms with Crippen LogP contribution in [0, 0.1) is 0 Å². The Morgan fingerprint density at radius 2 is 1.43 bits per heavy atom. The summed E-state index contributed by atoms with van der Waals surface area (Å²) in [5.41, 5.74) is 0. The normalized spacial score (nSPS) is 28.0. The quantitative estimate of drug-likeness (QED) is 0.328. The molecule has 38 valence electrons. The Kier molecular flexibility index (Phi) is 1.16. The predicted molar refractivity (Wildman–Crippen MR) is 36.3 cm³/mol. The number of hydrogen-bond donors (Lipinski definition) is 0. The van der Waals surface area contributed by atoms with Gasteiger partial charge in [0.15, 0.2) is 0 Å². The van der Waals surface area contributed by atoms with Gasteiger partial charge in [-0.05, 0) is 12.8 Å². The molecular formula is C4H12B2N+. The largest absolute Gasteiger partial charge is 0.478 e. The van der Waals surface area contributed by atoms with Crippen molar-refractivity contribution in [1.82, 2.24) is 0 Å². The lowest BCUT2D eigenvalue weighted by Gasteiger charge is -2.25. The molecule has 0 spiro atoms. The molecule has 0 radical (unpaired) electrons. The molecule has 1 nitrogen and oxygen atoms in total. The lowest BCUT2D eigenvalue weighted by Crippen LogP contribution is -2.39. The van der Waals surface area contributed by atoms with Gasteiger partial charge in [0.05, 0.1) is 0 Å². The zero-order chi connectivity index (χ0) is 5.33. The predicted octanol–water partition coefficient (Wildman–Crippen LogP) is -1.31.